The molecule has 1 aromatic carbocycles. The molecule has 1 aliphatic carbocycles. The predicted octanol–water partition coefficient (Wildman–Crippen LogP) is 6.14. The quantitative estimate of drug-likeness (QED) is 0.462. The Kier molecular flexibility index (Phi) is 6.77. The van der Waals surface area contributed by atoms with Crippen molar-refractivity contribution in [3.63, 3.8) is 0 Å². The van der Waals surface area contributed by atoms with Crippen LogP contribution in [0.3, 0.4) is 0 Å². The Balaban J connectivity index is 1.42. The van der Waals surface area contributed by atoms with Gasteiger partial charge in [-0.3, -0.25) is 9.55 Å². The van der Waals surface area contributed by atoms with Crippen LogP contribution in [-0.4, -0.2) is 36.2 Å². The van der Waals surface area contributed by atoms with Gasteiger partial charge in [0.2, 0.25) is 0 Å². The summed E-state index contributed by atoms with van der Waals surface area (Å²) in [6, 6.07) is 12.2. The summed E-state index contributed by atoms with van der Waals surface area (Å²) in [7, 11) is 0. The minimum atomic E-state index is -0.330. The van der Waals surface area contributed by atoms with Crippen molar-refractivity contribution in [1.82, 2.24) is 30.0 Å². The van der Waals surface area contributed by atoms with E-state index in [0.29, 0.717) is 29.9 Å². The van der Waals surface area contributed by atoms with Crippen molar-refractivity contribution in [3.05, 3.63) is 70.0 Å². The molecule has 2 aromatic heterocycles. The number of carbonyl (C=O) groups excluding carboxylic acids is 1. The second kappa shape index (κ2) is 9.85. The molecule has 0 atom stereocenters. The van der Waals surface area contributed by atoms with Gasteiger partial charge < -0.3 is 10.2 Å². The highest BCUT2D eigenvalue weighted by Crippen LogP contribution is 2.41. The van der Waals surface area contributed by atoms with Gasteiger partial charge >= 0.3 is 6.03 Å². The molecule has 1 aliphatic heterocycles. The number of aromatic nitrogens is 4. The average Bonchev–Trinajstić information content (AvgIpc) is 3.18. The number of aryl methyl sites for hydroxylation is 1. The molecule has 1 saturated carbocycles. The lowest BCUT2D eigenvalue weighted by molar-refractivity contribution is 0.182. The molecular weight excluding hydrogens is 472 g/mol. The fourth-order valence-electron chi connectivity index (χ4n) is 5.40. The molecular formula is C28H35ClN6O. The summed E-state index contributed by atoms with van der Waals surface area (Å²) in [6.07, 6.45) is 5.21. The molecule has 0 unspecified atom stereocenters. The van der Waals surface area contributed by atoms with Gasteiger partial charge in [-0.05, 0) is 88.8 Å². The van der Waals surface area contributed by atoms with Crippen LogP contribution in [0.1, 0.15) is 93.8 Å². The van der Waals surface area contributed by atoms with Crippen LogP contribution in [0.4, 0.5) is 4.79 Å². The van der Waals surface area contributed by atoms with Gasteiger partial charge in [-0.25, -0.2) is 4.79 Å². The largest absolute Gasteiger partial charge is 0.333 e. The number of hydrogen-bond acceptors (Lipinski definition) is 4. The Hall–Kier alpha value is -2.93. The Morgan fingerprint density at radius 3 is 2.53 bits per heavy atom. The molecule has 190 valence electrons. The van der Waals surface area contributed by atoms with E-state index in [0.717, 1.165) is 60.7 Å². The molecule has 1 fully saturated rings. The van der Waals surface area contributed by atoms with Crippen LogP contribution in [0.15, 0.2) is 36.4 Å². The van der Waals surface area contributed by atoms with Gasteiger partial charge in [-0.2, -0.15) is 0 Å². The molecule has 1 N–H and O–H groups in total. The first-order valence-electron chi connectivity index (χ1n) is 13.0. The van der Waals surface area contributed by atoms with Gasteiger partial charge in [-0.1, -0.05) is 24.6 Å². The number of nitrogens with one attached hydrogen (secondary N) is 1. The van der Waals surface area contributed by atoms with E-state index in [-0.39, 0.29) is 11.6 Å². The Labute approximate surface area is 218 Å². The Morgan fingerprint density at radius 1 is 1.06 bits per heavy atom. The number of carbonyl (C=O) groups is 1. The van der Waals surface area contributed by atoms with E-state index >= 15 is 0 Å². The molecule has 36 heavy (non-hydrogen) atoms. The van der Waals surface area contributed by atoms with Crippen LogP contribution in [0.25, 0.3) is 5.69 Å². The number of pyridine rings is 1. The van der Waals surface area contributed by atoms with Crippen molar-refractivity contribution in [2.45, 2.75) is 90.3 Å². The average molecular weight is 507 g/mol. The lowest BCUT2D eigenvalue weighted by Gasteiger charge is -2.28. The molecule has 5 rings (SSSR count). The molecule has 3 heterocycles. The van der Waals surface area contributed by atoms with Gasteiger partial charge in [0.15, 0.2) is 5.82 Å². The number of nitrogens with zero attached hydrogens (tertiary/aromatic N) is 5. The van der Waals surface area contributed by atoms with Crippen molar-refractivity contribution in [3.8, 4) is 5.69 Å². The summed E-state index contributed by atoms with van der Waals surface area (Å²) in [5, 5.41) is 13.0. The van der Waals surface area contributed by atoms with Gasteiger partial charge in [0.25, 0.3) is 0 Å². The van der Waals surface area contributed by atoms with Crippen molar-refractivity contribution in [2.75, 3.05) is 0 Å². The summed E-state index contributed by atoms with van der Waals surface area (Å²) in [5.41, 5.74) is 4.06. The van der Waals surface area contributed by atoms with Crippen LogP contribution in [-0.2, 0) is 19.5 Å². The van der Waals surface area contributed by atoms with Crippen molar-refractivity contribution >= 4 is 17.6 Å². The highest BCUT2D eigenvalue weighted by atomic mass is 35.5. The number of rotatable bonds is 3. The van der Waals surface area contributed by atoms with E-state index in [1.165, 1.54) is 5.69 Å². The minimum absolute atomic E-state index is 0.117. The number of fused-ring (bicyclic) bond motifs is 3. The Bertz CT molecular complexity index is 1260. The molecule has 0 saturated heterocycles. The van der Waals surface area contributed by atoms with E-state index < -0.39 is 0 Å². The molecule has 0 radical (unpaired) electrons. The summed E-state index contributed by atoms with van der Waals surface area (Å²) >= 11 is 6.38. The first-order chi connectivity index (χ1) is 17.2. The number of halogens is 1. The number of benzene rings is 1. The Morgan fingerprint density at radius 2 is 1.81 bits per heavy atom. The maximum atomic E-state index is 13.1. The summed E-state index contributed by atoms with van der Waals surface area (Å²) in [4.78, 5) is 19.8. The summed E-state index contributed by atoms with van der Waals surface area (Å²) < 4.78 is 2.18. The molecule has 0 bridgehead atoms. The molecule has 2 amide bonds. The number of hydrogen-bond donors (Lipinski definition) is 1. The van der Waals surface area contributed by atoms with Crippen molar-refractivity contribution in [2.24, 2.45) is 0 Å². The second-order valence-electron chi connectivity index (χ2n) is 11.1. The van der Waals surface area contributed by atoms with Crippen LogP contribution >= 0.6 is 11.6 Å². The maximum absolute atomic E-state index is 13.1. The van der Waals surface area contributed by atoms with Gasteiger partial charge in [-0.15, -0.1) is 10.2 Å². The van der Waals surface area contributed by atoms with Crippen LogP contribution in [0, 0.1) is 0 Å². The smallest absolute Gasteiger partial charge is 0.318 e. The monoisotopic (exact) mass is 506 g/mol. The molecule has 3 aromatic rings. The van der Waals surface area contributed by atoms with E-state index in [9.17, 15) is 4.79 Å². The van der Waals surface area contributed by atoms with Gasteiger partial charge in [0.1, 0.15) is 5.82 Å². The first-order valence-corrected chi connectivity index (χ1v) is 13.4. The third-order valence-electron chi connectivity index (χ3n) is 7.20. The van der Waals surface area contributed by atoms with Crippen LogP contribution in [0.5, 0.6) is 0 Å². The molecule has 0 spiro atoms. The van der Waals surface area contributed by atoms with Crippen molar-refractivity contribution in [1.29, 1.82) is 0 Å². The second-order valence-corrected chi connectivity index (χ2v) is 11.5. The highest BCUT2D eigenvalue weighted by Gasteiger charge is 2.33. The third-order valence-corrected chi connectivity index (χ3v) is 7.44. The molecule has 2 aliphatic rings. The van der Waals surface area contributed by atoms with E-state index in [1.54, 1.807) is 4.90 Å². The minimum Gasteiger partial charge on any atom is -0.333 e. The topological polar surface area (TPSA) is 75.9 Å². The van der Waals surface area contributed by atoms with E-state index in [2.05, 4.69) is 45.2 Å². The zero-order chi connectivity index (χ0) is 25.4. The maximum Gasteiger partial charge on any atom is 0.318 e. The van der Waals surface area contributed by atoms with Crippen molar-refractivity contribution < 1.29 is 4.79 Å². The fraction of sp³-hybridized carbons (Fsp3) is 0.500. The fourth-order valence-corrected chi connectivity index (χ4v) is 5.60. The number of urea groups is 1. The highest BCUT2D eigenvalue weighted by molar-refractivity contribution is 6.30. The SMILES string of the molecule is CCc1cccc(C2CCC(c3nnc4n3-c3ccc(Cl)cc3CN(C(=O)NC(C)(C)C)C4)CC2)n1. The van der Waals surface area contributed by atoms with Crippen LogP contribution in [0.2, 0.25) is 5.02 Å². The molecule has 8 heteroatoms. The standard InChI is InChI=1S/C28H35ClN6O/c1-5-22-7-6-8-23(30-22)18-9-11-19(12-10-18)26-33-32-25-17-34(27(36)31-28(2,3)4)16-20-15-21(29)13-14-24(20)35(25)26/h6-8,13-15,18-19H,5,9-12,16-17H2,1-4H3,(H,31,36). The molecule has 7 nitrogen and oxygen atoms in total. The lowest BCUT2D eigenvalue weighted by Crippen LogP contribution is -2.47. The lowest BCUT2D eigenvalue weighted by atomic mass is 9.80. The summed E-state index contributed by atoms with van der Waals surface area (Å²) in [6.45, 7) is 8.96. The van der Waals surface area contributed by atoms with Crippen LogP contribution < -0.4 is 5.32 Å². The number of amides is 2. The third kappa shape index (κ3) is 5.12. The van der Waals surface area contributed by atoms with E-state index in [4.69, 9.17) is 16.6 Å². The normalized spacial score (nSPS) is 19.9. The van der Waals surface area contributed by atoms with E-state index in [1.807, 2.05) is 39.0 Å². The van der Waals surface area contributed by atoms with Gasteiger partial charge in [0, 0.05) is 33.8 Å². The zero-order valence-corrected chi connectivity index (χ0v) is 22.3. The predicted molar refractivity (Wildman–Crippen MR) is 141 cm³/mol. The first kappa shape index (κ1) is 24.8. The summed E-state index contributed by atoms with van der Waals surface area (Å²) in [5.74, 6) is 2.58. The van der Waals surface area contributed by atoms with Gasteiger partial charge in [0.05, 0.1) is 18.8 Å². The zero-order valence-electron chi connectivity index (χ0n) is 21.6.